The van der Waals surface area contributed by atoms with E-state index in [1.807, 2.05) is 13.8 Å². The van der Waals surface area contributed by atoms with Gasteiger partial charge < -0.3 is 14.3 Å². The topological polar surface area (TPSA) is 93.1 Å². The Morgan fingerprint density at radius 3 is 2.11 bits per heavy atom. The van der Waals surface area contributed by atoms with Crippen LogP contribution in [0.2, 0.25) is 0 Å². The van der Waals surface area contributed by atoms with E-state index in [2.05, 4.69) is 0 Å². The molecule has 1 saturated heterocycles. The molecule has 0 aromatic heterocycles. The third-order valence-electron chi connectivity index (χ3n) is 4.56. The molecular formula is C11H24O6P2. The zero-order valence-electron chi connectivity index (χ0n) is 12.1. The van der Waals surface area contributed by atoms with E-state index in [0.29, 0.717) is 12.8 Å². The van der Waals surface area contributed by atoms with Crippen molar-refractivity contribution in [1.82, 2.24) is 0 Å². The van der Waals surface area contributed by atoms with Gasteiger partial charge in [0.05, 0.1) is 11.8 Å². The summed E-state index contributed by atoms with van der Waals surface area (Å²) in [4.78, 5) is 19.2. The fourth-order valence-corrected chi connectivity index (χ4v) is 7.60. The van der Waals surface area contributed by atoms with Gasteiger partial charge in [-0.3, -0.25) is 13.7 Å². The highest BCUT2D eigenvalue weighted by Gasteiger charge is 2.71. The molecule has 0 aliphatic carbocycles. The highest BCUT2D eigenvalue weighted by Crippen LogP contribution is 2.80. The molecule has 1 aliphatic heterocycles. The van der Waals surface area contributed by atoms with Crippen molar-refractivity contribution < 1.29 is 28.0 Å². The first-order valence-electron chi connectivity index (χ1n) is 6.55. The van der Waals surface area contributed by atoms with Gasteiger partial charge in [-0.1, -0.05) is 20.8 Å². The molecule has 1 heterocycles. The molecule has 2 N–H and O–H groups in total. The molecule has 0 saturated carbocycles. The number of rotatable bonds is 5. The van der Waals surface area contributed by atoms with E-state index in [9.17, 15) is 18.9 Å². The summed E-state index contributed by atoms with van der Waals surface area (Å²) in [5, 5.41) is -2.61. The van der Waals surface area contributed by atoms with Crippen LogP contribution in [0.5, 0.6) is 0 Å². The number of hydrogen-bond acceptors (Lipinski definition) is 4. The maximum Gasteiger partial charge on any atom is 0.357 e. The Kier molecular flexibility index (Phi) is 4.79. The summed E-state index contributed by atoms with van der Waals surface area (Å²) < 4.78 is 35.5. The molecule has 8 heteroatoms. The first-order chi connectivity index (χ1) is 8.54. The molecule has 1 rings (SSSR count). The average Bonchev–Trinajstić information content (AvgIpc) is 2.45. The van der Waals surface area contributed by atoms with Gasteiger partial charge in [0.1, 0.15) is 0 Å². The van der Waals surface area contributed by atoms with Crippen molar-refractivity contribution in [3.8, 4) is 0 Å². The molecule has 0 radical (unpaired) electrons. The van der Waals surface area contributed by atoms with Crippen LogP contribution >= 0.6 is 15.2 Å². The zero-order valence-corrected chi connectivity index (χ0v) is 13.9. The Hall–Kier alpha value is 0.300. The lowest BCUT2D eigenvalue weighted by Gasteiger charge is -2.35. The lowest BCUT2D eigenvalue weighted by atomic mass is 9.84. The highest BCUT2D eigenvalue weighted by molar-refractivity contribution is 7.59. The van der Waals surface area contributed by atoms with E-state index in [1.165, 1.54) is 6.92 Å². The zero-order chi connectivity index (χ0) is 15.1. The van der Waals surface area contributed by atoms with Crippen molar-refractivity contribution in [3.63, 3.8) is 0 Å². The fourth-order valence-electron chi connectivity index (χ4n) is 3.03. The molecule has 0 spiro atoms. The van der Waals surface area contributed by atoms with E-state index < -0.39 is 31.6 Å². The molecular weight excluding hydrogens is 290 g/mol. The van der Waals surface area contributed by atoms with Crippen LogP contribution in [0, 0.1) is 5.92 Å². The average molecular weight is 314 g/mol. The quantitative estimate of drug-likeness (QED) is 0.756. The minimum atomic E-state index is -4.57. The molecule has 0 aromatic carbocycles. The first kappa shape index (κ1) is 17.4. The van der Waals surface area contributed by atoms with Gasteiger partial charge >= 0.3 is 15.2 Å². The van der Waals surface area contributed by atoms with Gasteiger partial charge in [0.2, 0.25) is 0 Å². The van der Waals surface area contributed by atoms with Crippen molar-refractivity contribution in [2.45, 2.75) is 58.0 Å². The molecule has 3 unspecified atom stereocenters. The minimum Gasteiger partial charge on any atom is -0.322 e. The Labute approximate surface area is 114 Å². The summed E-state index contributed by atoms with van der Waals surface area (Å²) in [6.07, 6.45) is 0.967. The monoisotopic (exact) mass is 314 g/mol. The lowest BCUT2D eigenvalue weighted by molar-refractivity contribution is 0.0973. The maximum absolute atomic E-state index is 13.0. The summed E-state index contributed by atoms with van der Waals surface area (Å²) >= 11 is 0. The summed E-state index contributed by atoms with van der Waals surface area (Å²) in [6.45, 7) is 8.59. The van der Waals surface area contributed by atoms with Crippen LogP contribution in [0.1, 0.15) is 47.5 Å². The van der Waals surface area contributed by atoms with Crippen molar-refractivity contribution in [1.29, 1.82) is 0 Å². The van der Waals surface area contributed by atoms with Gasteiger partial charge in [-0.15, -0.1) is 0 Å². The molecule has 0 bridgehead atoms. The standard InChI is InChI=1S/C11H24O6P2/c1-6-11(7-2)9(4)10(5,18(12,13)14)17-19(11,15)16-8-3/h9H,6-8H2,1-5H3,(H2,12,13,14). The van der Waals surface area contributed by atoms with Crippen LogP contribution in [0.4, 0.5) is 0 Å². The SMILES string of the molecule is CCOP1(=O)OC(C)(P(=O)(O)O)C(C)C1(CC)CC. The van der Waals surface area contributed by atoms with Crippen LogP contribution in [0.15, 0.2) is 0 Å². The summed E-state index contributed by atoms with van der Waals surface area (Å²) in [7, 11) is -8.14. The normalized spacial score (nSPS) is 38.6. The summed E-state index contributed by atoms with van der Waals surface area (Å²) in [5.41, 5.74) is 0. The van der Waals surface area contributed by atoms with E-state index in [0.717, 1.165) is 0 Å². The molecule has 3 atom stereocenters. The van der Waals surface area contributed by atoms with Gasteiger partial charge in [0.25, 0.3) is 0 Å². The largest absolute Gasteiger partial charge is 0.357 e. The number of hydrogen-bond donors (Lipinski definition) is 2. The second-order valence-electron chi connectivity index (χ2n) is 5.14. The predicted octanol–water partition coefficient (Wildman–Crippen LogP) is 3.34. The van der Waals surface area contributed by atoms with Crippen molar-refractivity contribution in [2.24, 2.45) is 5.92 Å². The second-order valence-corrected chi connectivity index (χ2v) is 9.44. The van der Waals surface area contributed by atoms with Gasteiger partial charge in [0.15, 0.2) is 5.34 Å². The molecule has 0 amide bonds. The van der Waals surface area contributed by atoms with Gasteiger partial charge in [0, 0.05) is 5.92 Å². The molecule has 0 aromatic rings. The Morgan fingerprint density at radius 1 is 1.32 bits per heavy atom. The van der Waals surface area contributed by atoms with E-state index in [1.54, 1.807) is 13.8 Å². The van der Waals surface area contributed by atoms with Crippen LogP contribution < -0.4 is 0 Å². The van der Waals surface area contributed by atoms with Crippen molar-refractivity contribution in [2.75, 3.05) is 6.61 Å². The summed E-state index contributed by atoms with van der Waals surface area (Å²) in [5.74, 6) is -0.562. The van der Waals surface area contributed by atoms with Gasteiger partial charge in [-0.05, 0) is 26.7 Å². The van der Waals surface area contributed by atoms with Crippen molar-refractivity contribution in [3.05, 3.63) is 0 Å². The fraction of sp³-hybridized carbons (Fsp3) is 1.00. The third kappa shape index (κ3) is 2.27. The van der Waals surface area contributed by atoms with E-state index >= 15 is 0 Å². The van der Waals surface area contributed by atoms with E-state index in [4.69, 9.17) is 9.05 Å². The third-order valence-corrected chi connectivity index (χ3v) is 9.67. The minimum absolute atomic E-state index is 0.184. The molecule has 1 aliphatic rings. The molecule has 114 valence electrons. The van der Waals surface area contributed by atoms with E-state index in [-0.39, 0.29) is 6.61 Å². The Balaban J connectivity index is 3.45. The van der Waals surface area contributed by atoms with Crippen molar-refractivity contribution >= 4 is 15.2 Å². The Bertz CT molecular complexity index is 427. The Morgan fingerprint density at radius 2 is 1.79 bits per heavy atom. The van der Waals surface area contributed by atoms with Crippen LogP contribution in [-0.2, 0) is 18.2 Å². The van der Waals surface area contributed by atoms with Crippen LogP contribution in [0.25, 0.3) is 0 Å². The first-order valence-corrected chi connectivity index (χ1v) is 9.71. The van der Waals surface area contributed by atoms with Gasteiger partial charge in [-0.25, -0.2) is 0 Å². The van der Waals surface area contributed by atoms with Gasteiger partial charge in [-0.2, -0.15) is 0 Å². The van der Waals surface area contributed by atoms with Crippen LogP contribution in [0.3, 0.4) is 0 Å². The van der Waals surface area contributed by atoms with Crippen LogP contribution in [-0.4, -0.2) is 26.9 Å². The lowest BCUT2D eigenvalue weighted by Crippen LogP contribution is -2.40. The predicted molar refractivity (Wildman–Crippen MR) is 73.2 cm³/mol. The second kappa shape index (κ2) is 5.25. The maximum atomic E-state index is 13.0. The molecule has 1 fully saturated rings. The smallest absolute Gasteiger partial charge is 0.322 e. The molecule has 6 nitrogen and oxygen atoms in total. The molecule has 19 heavy (non-hydrogen) atoms. The summed E-state index contributed by atoms with van der Waals surface area (Å²) in [6, 6.07) is 0. The highest BCUT2D eigenvalue weighted by atomic mass is 31.2.